The lowest BCUT2D eigenvalue weighted by Crippen LogP contribution is -2.10. The molecule has 0 amide bonds. The van der Waals surface area contributed by atoms with Crippen molar-refractivity contribution in [3.05, 3.63) is 45.2 Å². The minimum Gasteiger partial charge on any atom is -0.487 e. The Labute approximate surface area is 134 Å². The number of aryl methyl sites for hydroxylation is 3. The predicted molar refractivity (Wildman–Crippen MR) is 88.6 cm³/mol. The number of aromatic nitrogens is 2. The van der Waals surface area contributed by atoms with Crippen LogP contribution < -0.4 is 10.1 Å². The van der Waals surface area contributed by atoms with E-state index in [0.717, 1.165) is 40.3 Å². The molecule has 0 fully saturated rings. The Kier molecular flexibility index (Phi) is 5.42. The third kappa shape index (κ3) is 3.47. The summed E-state index contributed by atoms with van der Waals surface area (Å²) in [7, 11) is 1.94. The molecule has 0 saturated carbocycles. The van der Waals surface area contributed by atoms with Crippen LogP contribution in [-0.2, 0) is 19.7 Å². The molecule has 2 rings (SSSR count). The molecular formula is C16H22BrN3O. The third-order valence-corrected chi connectivity index (χ3v) is 4.50. The second-order valence-corrected chi connectivity index (χ2v) is 5.84. The van der Waals surface area contributed by atoms with Gasteiger partial charge in [0.15, 0.2) is 0 Å². The molecule has 4 nitrogen and oxygen atoms in total. The van der Waals surface area contributed by atoms with Crippen molar-refractivity contribution < 1.29 is 4.74 Å². The average Bonchev–Trinajstić information content (AvgIpc) is 2.74. The van der Waals surface area contributed by atoms with E-state index >= 15 is 0 Å². The zero-order valence-electron chi connectivity index (χ0n) is 13.0. The number of rotatable bonds is 6. The van der Waals surface area contributed by atoms with Gasteiger partial charge < -0.3 is 10.1 Å². The highest BCUT2D eigenvalue weighted by Crippen LogP contribution is 2.27. The maximum Gasteiger partial charge on any atom is 0.131 e. The van der Waals surface area contributed by atoms with Crippen LogP contribution in [0.1, 0.15) is 29.4 Å². The summed E-state index contributed by atoms with van der Waals surface area (Å²) in [5.74, 6) is 0.959. The molecule has 0 aliphatic heterocycles. The highest BCUT2D eigenvalue weighted by atomic mass is 79.9. The maximum absolute atomic E-state index is 6.11. The molecule has 1 aromatic carbocycles. The molecule has 0 aliphatic carbocycles. The minimum atomic E-state index is 0.511. The van der Waals surface area contributed by atoms with Crippen LogP contribution in [0.5, 0.6) is 5.75 Å². The van der Waals surface area contributed by atoms with Gasteiger partial charge in [-0.25, -0.2) is 0 Å². The van der Waals surface area contributed by atoms with Crippen molar-refractivity contribution in [2.75, 3.05) is 7.05 Å². The van der Waals surface area contributed by atoms with Gasteiger partial charge in [0.25, 0.3) is 0 Å². The molecule has 1 heterocycles. The van der Waals surface area contributed by atoms with E-state index in [1.165, 1.54) is 5.56 Å². The topological polar surface area (TPSA) is 39.1 Å². The molecule has 0 atom stereocenters. The van der Waals surface area contributed by atoms with Gasteiger partial charge in [-0.3, -0.25) is 4.68 Å². The summed E-state index contributed by atoms with van der Waals surface area (Å²) in [6, 6.07) is 6.23. The van der Waals surface area contributed by atoms with Crippen molar-refractivity contribution in [2.45, 2.75) is 40.5 Å². The standard InChI is InChI=1S/C16H22BrN3O/c1-5-20-14(15(17)12(3)19-20)10-21-16-11(2)7-6-8-13(16)9-18-4/h6-8,18H,5,9-10H2,1-4H3. The minimum absolute atomic E-state index is 0.511. The van der Waals surface area contributed by atoms with Crippen molar-refractivity contribution >= 4 is 15.9 Å². The number of para-hydroxylation sites is 1. The number of ether oxygens (including phenoxy) is 1. The van der Waals surface area contributed by atoms with Crippen molar-refractivity contribution in [3.8, 4) is 5.75 Å². The summed E-state index contributed by atoms with van der Waals surface area (Å²) in [4.78, 5) is 0. The van der Waals surface area contributed by atoms with Gasteiger partial charge in [0.1, 0.15) is 12.4 Å². The molecule has 0 saturated heterocycles. The first kappa shape index (κ1) is 16.0. The summed E-state index contributed by atoms with van der Waals surface area (Å²) < 4.78 is 9.13. The van der Waals surface area contributed by atoms with Gasteiger partial charge in [-0.2, -0.15) is 5.10 Å². The largest absolute Gasteiger partial charge is 0.487 e. The van der Waals surface area contributed by atoms with Gasteiger partial charge in [0.2, 0.25) is 0 Å². The Hall–Kier alpha value is -1.33. The van der Waals surface area contributed by atoms with E-state index < -0.39 is 0 Å². The third-order valence-electron chi connectivity index (χ3n) is 3.47. The molecule has 0 radical (unpaired) electrons. The van der Waals surface area contributed by atoms with Crippen molar-refractivity contribution in [1.29, 1.82) is 0 Å². The highest BCUT2D eigenvalue weighted by molar-refractivity contribution is 9.10. The van der Waals surface area contributed by atoms with Gasteiger partial charge in [-0.15, -0.1) is 0 Å². The van der Waals surface area contributed by atoms with E-state index in [2.05, 4.69) is 58.4 Å². The maximum atomic E-state index is 6.11. The fourth-order valence-corrected chi connectivity index (χ4v) is 2.80. The van der Waals surface area contributed by atoms with Crippen LogP contribution in [-0.4, -0.2) is 16.8 Å². The first-order valence-electron chi connectivity index (χ1n) is 7.16. The van der Waals surface area contributed by atoms with Crippen LogP contribution >= 0.6 is 15.9 Å². The normalized spacial score (nSPS) is 10.9. The summed E-state index contributed by atoms with van der Waals surface area (Å²) >= 11 is 3.61. The molecular weight excluding hydrogens is 330 g/mol. The van der Waals surface area contributed by atoms with Gasteiger partial charge in [-0.1, -0.05) is 18.2 Å². The molecule has 21 heavy (non-hydrogen) atoms. The van der Waals surface area contributed by atoms with Crippen LogP contribution in [0.2, 0.25) is 0 Å². The summed E-state index contributed by atoms with van der Waals surface area (Å²) in [5.41, 5.74) is 4.40. The van der Waals surface area contributed by atoms with Crippen molar-refractivity contribution in [2.24, 2.45) is 0 Å². The zero-order chi connectivity index (χ0) is 15.4. The first-order valence-corrected chi connectivity index (χ1v) is 7.95. The van der Waals surface area contributed by atoms with E-state index in [4.69, 9.17) is 4.74 Å². The number of halogens is 1. The summed E-state index contributed by atoms with van der Waals surface area (Å²) in [5, 5.41) is 7.68. The molecule has 0 bridgehead atoms. The van der Waals surface area contributed by atoms with Crippen molar-refractivity contribution in [3.63, 3.8) is 0 Å². The second-order valence-electron chi connectivity index (χ2n) is 5.04. The monoisotopic (exact) mass is 351 g/mol. The summed E-state index contributed by atoms with van der Waals surface area (Å²) in [6.45, 7) is 8.30. The molecule has 0 unspecified atom stereocenters. The predicted octanol–water partition coefficient (Wildman–Crippen LogP) is 3.58. The van der Waals surface area contributed by atoms with Gasteiger partial charge >= 0.3 is 0 Å². The van der Waals surface area contributed by atoms with Crippen LogP contribution in [0.25, 0.3) is 0 Å². The van der Waals surface area contributed by atoms with E-state index in [1.54, 1.807) is 0 Å². The molecule has 1 aromatic heterocycles. The van der Waals surface area contributed by atoms with Crippen LogP contribution in [0, 0.1) is 13.8 Å². The zero-order valence-corrected chi connectivity index (χ0v) is 14.6. The number of nitrogens with one attached hydrogen (secondary N) is 1. The lowest BCUT2D eigenvalue weighted by atomic mass is 10.1. The quantitative estimate of drug-likeness (QED) is 0.864. The van der Waals surface area contributed by atoms with Gasteiger partial charge in [0, 0.05) is 18.7 Å². The molecule has 1 N–H and O–H groups in total. The Morgan fingerprint density at radius 3 is 2.76 bits per heavy atom. The number of hydrogen-bond acceptors (Lipinski definition) is 3. The second kappa shape index (κ2) is 7.09. The lowest BCUT2D eigenvalue weighted by molar-refractivity contribution is 0.286. The first-order chi connectivity index (χ1) is 10.1. The fourth-order valence-electron chi connectivity index (χ4n) is 2.40. The lowest BCUT2D eigenvalue weighted by Gasteiger charge is -2.15. The Morgan fingerprint density at radius 1 is 1.33 bits per heavy atom. The van der Waals surface area contributed by atoms with E-state index in [9.17, 15) is 0 Å². The van der Waals surface area contributed by atoms with Crippen LogP contribution in [0.15, 0.2) is 22.7 Å². The van der Waals surface area contributed by atoms with E-state index in [-0.39, 0.29) is 0 Å². The van der Waals surface area contributed by atoms with Crippen molar-refractivity contribution in [1.82, 2.24) is 15.1 Å². The molecule has 114 valence electrons. The van der Waals surface area contributed by atoms with Crippen LogP contribution in [0.3, 0.4) is 0 Å². The Balaban J connectivity index is 2.24. The van der Waals surface area contributed by atoms with E-state index in [1.807, 2.05) is 18.7 Å². The number of nitrogens with zero attached hydrogens (tertiary/aromatic N) is 2. The Morgan fingerprint density at radius 2 is 2.10 bits per heavy atom. The molecule has 0 aliphatic rings. The molecule has 2 aromatic rings. The molecule has 5 heteroatoms. The van der Waals surface area contributed by atoms with Gasteiger partial charge in [-0.05, 0) is 49.3 Å². The smallest absolute Gasteiger partial charge is 0.131 e. The fraction of sp³-hybridized carbons (Fsp3) is 0.438. The SMILES string of the molecule is CCn1nc(C)c(Br)c1COc1c(C)cccc1CNC. The van der Waals surface area contributed by atoms with Crippen LogP contribution in [0.4, 0.5) is 0 Å². The summed E-state index contributed by atoms with van der Waals surface area (Å²) in [6.07, 6.45) is 0. The number of benzene rings is 1. The van der Waals surface area contributed by atoms with Gasteiger partial charge in [0.05, 0.1) is 15.9 Å². The Bertz CT molecular complexity index is 622. The number of hydrogen-bond donors (Lipinski definition) is 1. The molecule has 0 spiro atoms. The average molecular weight is 352 g/mol. The highest BCUT2D eigenvalue weighted by Gasteiger charge is 2.14. The van der Waals surface area contributed by atoms with E-state index in [0.29, 0.717) is 6.61 Å².